The summed E-state index contributed by atoms with van der Waals surface area (Å²) in [6, 6.07) is 13.7. The van der Waals surface area contributed by atoms with Crippen LogP contribution < -0.4 is 5.32 Å². The summed E-state index contributed by atoms with van der Waals surface area (Å²) in [5, 5.41) is 38.8. The molecule has 7 nitrogen and oxygen atoms in total. The molecule has 0 saturated heterocycles. The highest BCUT2D eigenvalue weighted by atomic mass is 16.4. The zero-order valence-corrected chi connectivity index (χ0v) is 18.5. The van der Waals surface area contributed by atoms with Gasteiger partial charge in [-0.25, -0.2) is 0 Å². The van der Waals surface area contributed by atoms with Gasteiger partial charge in [0.05, 0.1) is 28.8 Å². The monoisotopic (exact) mass is 465 g/mol. The molecular weight excluding hydrogens is 446 g/mol. The summed E-state index contributed by atoms with van der Waals surface area (Å²) in [7, 11) is 0. The van der Waals surface area contributed by atoms with E-state index in [1.54, 1.807) is 49.4 Å². The number of rotatable bonds is 0. The lowest BCUT2D eigenvalue weighted by atomic mass is 9.50. The van der Waals surface area contributed by atoms with Crippen LogP contribution in [0.15, 0.2) is 66.2 Å². The Hall–Kier alpha value is -4.07. The van der Waals surface area contributed by atoms with Crippen molar-refractivity contribution < 1.29 is 29.7 Å². The number of hydrogen-bond donors (Lipinski definition) is 4. The van der Waals surface area contributed by atoms with E-state index in [1.807, 2.05) is 0 Å². The van der Waals surface area contributed by atoms with Gasteiger partial charge in [0.2, 0.25) is 0 Å². The number of phenolic OH excluding ortho intramolecular Hbond substituents is 1. The molecule has 0 saturated carbocycles. The number of anilines is 1. The molecule has 0 fully saturated rings. The molecule has 0 amide bonds. The lowest BCUT2D eigenvalue weighted by Crippen LogP contribution is -2.68. The highest BCUT2D eigenvalue weighted by Gasteiger charge is 2.70. The van der Waals surface area contributed by atoms with Gasteiger partial charge < -0.3 is 20.6 Å². The van der Waals surface area contributed by atoms with E-state index in [4.69, 9.17) is 0 Å². The molecule has 4 aliphatic rings. The summed E-state index contributed by atoms with van der Waals surface area (Å²) in [6.07, 6.45) is 1.35. The largest absolute Gasteiger partial charge is 0.507 e. The van der Waals surface area contributed by atoms with E-state index in [-0.39, 0.29) is 39.1 Å². The summed E-state index contributed by atoms with van der Waals surface area (Å²) in [4.78, 5) is 40.3. The van der Waals surface area contributed by atoms with E-state index in [1.165, 1.54) is 18.2 Å². The zero-order valence-electron chi connectivity index (χ0n) is 18.5. The minimum atomic E-state index is -2.19. The fourth-order valence-corrected chi connectivity index (χ4v) is 6.63. The van der Waals surface area contributed by atoms with E-state index < -0.39 is 46.3 Å². The predicted octanol–water partition coefficient (Wildman–Crippen LogP) is 2.88. The van der Waals surface area contributed by atoms with Crippen molar-refractivity contribution in [1.29, 1.82) is 0 Å². The molecule has 7 rings (SSSR count). The lowest BCUT2D eigenvalue weighted by molar-refractivity contribution is -0.181. The number of fused-ring (bicyclic) bond motifs is 7. The van der Waals surface area contributed by atoms with Crippen LogP contribution in [0.2, 0.25) is 0 Å². The van der Waals surface area contributed by atoms with Gasteiger partial charge in [0.25, 0.3) is 0 Å². The Morgan fingerprint density at radius 2 is 1.43 bits per heavy atom. The molecule has 3 aliphatic carbocycles. The maximum absolute atomic E-state index is 13.7. The second-order valence-electron chi connectivity index (χ2n) is 9.67. The third-order valence-corrected chi connectivity index (χ3v) is 8.16. The van der Waals surface area contributed by atoms with E-state index >= 15 is 0 Å². The third-order valence-electron chi connectivity index (χ3n) is 8.16. The lowest BCUT2D eigenvalue weighted by Gasteiger charge is -2.61. The molecule has 0 unspecified atom stereocenters. The number of nitrogens with one attached hydrogen (secondary N) is 1. The summed E-state index contributed by atoms with van der Waals surface area (Å²) in [6.45, 7) is 1.58. The molecule has 0 radical (unpaired) electrons. The number of ketones is 3. The molecule has 3 aromatic rings. The number of carbonyl (C=O) groups excluding carboxylic acids is 3. The van der Waals surface area contributed by atoms with Crippen molar-refractivity contribution in [1.82, 2.24) is 0 Å². The summed E-state index contributed by atoms with van der Waals surface area (Å²) in [5.74, 6) is -3.04. The Labute approximate surface area is 199 Å². The van der Waals surface area contributed by atoms with Crippen molar-refractivity contribution in [3.63, 3.8) is 0 Å². The Balaban J connectivity index is 1.61. The zero-order chi connectivity index (χ0) is 24.4. The topological polar surface area (TPSA) is 124 Å². The van der Waals surface area contributed by atoms with Gasteiger partial charge >= 0.3 is 0 Å². The highest BCUT2D eigenvalue weighted by Crippen LogP contribution is 2.66. The minimum Gasteiger partial charge on any atom is -0.507 e. The van der Waals surface area contributed by atoms with Crippen LogP contribution in [-0.2, 0) is 10.4 Å². The van der Waals surface area contributed by atoms with Crippen LogP contribution >= 0.6 is 0 Å². The average Bonchev–Trinajstić information content (AvgIpc) is 2.84. The normalized spacial score (nSPS) is 29.3. The van der Waals surface area contributed by atoms with Crippen LogP contribution in [0.5, 0.6) is 5.75 Å². The maximum Gasteiger partial charge on any atom is 0.198 e. The first-order chi connectivity index (χ1) is 16.7. The second-order valence-corrected chi connectivity index (χ2v) is 9.67. The number of aliphatic hydroxyl groups is 2. The molecule has 3 aromatic carbocycles. The molecule has 1 heterocycles. The van der Waals surface area contributed by atoms with Crippen molar-refractivity contribution in [3.05, 3.63) is 105 Å². The molecule has 172 valence electrons. The van der Waals surface area contributed by atoms with Crippen LogP contribution in [0, 0.1) is 0 Å². The first-order valence-electron chi connectivity index (χ1n) is 11.3. The van der Waals surface area contributed by atoms with Crippen molar-refractivity contribution in [3.8, 4) is 5.75 Å². The summed E-state index contributed by atoms with van der Waals surface area (Å²) in [5.41, 5.74) is -2.38. The highest BCUT2D eigenvalue weighted by molar-refractivity contribution is 6.31. The number of aromatic hydroxyl groups is 1. The third kappa shape index (κ3) is 2.04. The van der Waals surface area contributed by atoms with Gasteiger partial charge in [-0.3, -0.25) is 14.4 Å². The minimum absolute atomic E-state index is 0.00772. The second kappa shape index (κ2) is 6.13. The number of phenols is 1. The fourth-order valence-electron chi connectivity index (χ4n) is 6.63. The van der Waals surface area contributed by atoms with Gasteiger partial charge in [0.15, 0.2) is 17.3 Å². The van der Waals surface area contributed by atoms with Gasteiger partial charge in [0, 0.05) is 16.7 Å². The van der Waals surface area contributed by atoms with Crippen LogP contribution in [0.3, 0.4) is 0 Å². The van der Waals surface area contributed by atoms with Crippen molar-refractivity contribution >= 4 is 23.0 Å². The Kier molecular flexibility index (Phi) is 3.56. The SMILES string of the molecule is CC1=CC(=O)[C@H]2c3ccccc3[C@@H]3Nc4c(cc(O)c5c4C(=O)c4ccccc4C5=O)[C@@]2(O)[C@]13O. The number of hydrogen-bond acceptors (Lipinski definition) is 7. The quantitative estimate of drug-likeness (QED) is 0.295. The van der Waals surface area contributed by atoms with Crippen LogP contribution in [0.25, 0.3) is 0 Å². The van der Waals surface area contributed by atoms with Gasteiger partial charge in [-0.05, 0) is 35.8 Å². The van der Waals surface area contributed by atoms with Gasteiger partial charge in [0.1, 0.15) is 17.0 Å². The van der Waals surface area contributed by atoms with Crippen LogP contribution in [-0.4, -0.2) is 38.3 Å². The Morgan fingerprint density at radius 1 is 0.829 bits per heavy atom. The van der Waals surface area contributed by atoms with Crippen molar-refractivity contribution in [2.45, 2.75) is 30.1 Å². The molecule has 35 heavy (non-hydrogen) atoms. The van der Waals surface area contributed by atoms with Gasteiger partial charge in [-0.2, -0.15) is 0 Å². The van der Waals surface area contributed by atoms with E-state index in [0.717, 1.165) is 0 Å². The number of benzene rings is 3. The predicted molar refractivity (Wildman–Crippen MR) is 125 cm³/mol. The van der Waals surface area contributed by atoms with E-state index in [2.05, 4.69) is 5.32 Å². The number of carbonyl (C=O) groups is 3. The molecule has 4 bridgehead atoms. The maximum atomic E-state index is 13.7. The first-order valence-corrected chi connectivity index (χ1v) is 11.3. The number of allylic oxidation sites excluding steroid dienone is 1. The average molecular weight is 465 g/mol. The van der Waals surface area contributed by atoms with Crippen LogP contribution in [0.1, 0.15) is 67.4 Å². The van der Waals surface area contributed by atoms with Crippen molar-refractivity contribution in [2.24, 2.45) is 0 Å². The molecule has 0 aromatic heterocycles. The summed E-state index contributed by atoms with van der Waals surface area (Å²) >= 11 is 0. The molecular formula is C28H19NO6. The molecule has 7 heteroatoms. The smallest absolute Gasteiger partial charge is 0.198 e. The van der Waals surface area contributed by atoms with Gasteiger partial charge in [-0.15, -0.1) is 0 Å². The molecule has 0 spiro atoms. The molecule has 4 atom stereocenters. The Bertz CT molecular complexity index is 1600. The van der Waals surface area contributed by atoms with Crippen molar-refractivity contribution in [2.75, 3.05) is 5.32 Å². The first kappa shape index (κ1) is 20.3. The van der Waals surface area contributed by atoms with E-state index in [0.29, 0.717) is 11.1 Å². The Morgan fingerprint density at radius 3 is 2.11 bits per heavy atom. The van der Waals surface area contributed by atoms with Gasteiger partial charge in [-0.1, -0.05) is 48.5 Å². The summed E-state index contributed by atoms with van der Waals surface area (Å²) < 4.78 is 0. The van der Waals surface area contributed by atoms with Crippen LogP contribution in [0.4, 0.5) is 5.69 Å². The fraction of sp³-hybridized carbons (Fsp3) is 0.179. The van der Waals surface area contributed by atoms with E-state index in [9.17, 15) is 29.7 Å². The molecule has 1 aliphatic heterocycles. The molecule has 4 N–H and O–H groups in total. The standard InChI is InChI=1S/C28H19NO6/c1-12-10-19(31)22-13-6-2-5-9-16(13)26-27(12,34)28(22,35)17-11-18(30)20-21(23(17)29-26)25(33)15-8-4-3-7-14(15)24(20)32/h2-11,22,26,29-30,34-35H,1H3/t22-,26+,27+,28+/m1/s1.